The summed E-state index contributed by atoms with van der Waals surface area (Å²) < 4.78 is 33.1. The van der Waals surface area contributed by atoms with Gasteiger partial charge in [0, 0.05) is 5.39 Å². The van der Waals surface area contributed by atoms with Crippen LogP contribution in [0.5, 0.6) is 5.75 Å². The Hall–Kier alpha value is -3.02. The minimum atomic E-state index is -3.89. The Morgan fingerprint density at radius 2 is 1.88 bits per heavy atom. The van der Waals surface area contributed by atoms with Gasteiger partial charge in [0.15, 0.2) is 5.75 Å². The van der Waals surface area contributed by atoms with E-state index in [9.17, 15) is 13.6 Å². The third-order valence-electron chi connectivity index (χ3n) is 4.45. The summed E-state index contributed by atoms with van der Waals surface area (Å²) in [4.78, 5) is 17.8. The van der Waals surface area contributed by atoms with E-state index in [1.807, 2.05) is 37.3 Å². The average Bonchev–Trinajstić information content (AvgIpc) is 2.64. The normalized spacial score (nSPS) is 15.7. The van der Waals surface area contributed by atoms with E-state index in [0.717, 1.165) is 15.8 Å². The van der Waals surface area contributed by atoms with Crippen LogP contribution in [0, 0.1) is 0 Å². The molecule has 6 heteroatoms. The number of rotatable bonds is 3. The first-order chi connectivity index (χ1) is 12.5. The highest BCUT2D eigenvalue weighted by molar-refractivity contribution is 6.01. The van der Waals surface area contributed by atoms with Gasteiger partial charge in [-0.05, 0) is 30.2 Å². The molecule has 2 aromatic carbocycles. The molecule has 0 bridgehead atoms. The number of nitrogens with zero attached hydrogens (tertiary/aromatic N) is 2. The molecule has 0 radical (unpaired) electrons. The molecule has 1 aliphatic rings. The van der Waals surface area contributed by atoms with Gasteiger partial charge in [0.05, 0.1) is 23.4 Å². The Morgan fingerprint density at radius 3 is 2.69 bits per heavy atom. The summed E-state index contributed by atoms with van der Waals surface area (Å²) in [7, 11) is 0. The standard InChI is InChI=1S/C20H16F2N2O2/c1-2-13-7-5-9-17-18(13)26-20(21,22)19(25)24(17)12-15-11-10-14-6-3-4-8-16(14)23-15/h3-11H,2,12H2,1H3. The number of carbonyl (C=O) groups is 1. The molecule has 0 unspecified atom stereocenters. The van der Waals surface area contributed by atoms with Crippen LogP contribution in [0.1, 0.15) is 18.2 Å². The Labute approximate surface area is 149 Å². The number of amides is 1. The second kappa shape index (κ2) is 6.05. The summed E-state index contributed by atoms with van der Waals surface area (Å²) in [6, 6.07) is 16.2. The number of halogens is 2. The fraction of sp³-hybridized carbons (Fsp3) is 0.200. The van der Waals surface area contributed by atoms with Crippen LogP contribution in [0.25, 0.3) is 10.9 Å². The molecule has 3 aromatic rings. The van der Waals surface area contributed by atoms with Crippen molar-refractivity contribution in [1.82, 2.24) is 4.98 Å². The average molecular weight is 354 g/mol. The van der Waals surface area contributed by atoms with Gasteiger partial charge in [-0.3, -0.25) is 14.7 Å². The smallest absolute Gasteiger partial charge is 0.423 e. The van der Waals surface area contributed by atoms with Crippen molar-refractivity contribution in [2.24, 2.45) is 0 Å². The zero-order chi connectivity index (χ0) is 18.3. The van der Waals surface area contributed by atoms with Crippen LogP contribution in [0.4, 0.5) is 14.5 Å². The number of aryl methyl sites for hydroxylation is 1. The summed E-state index contributed by atoms with van der Waals surface area (Å²) in [5.41, 5.74) is 2.25. The molecule has 0 atom stereocenters. The molecule has 0 saturated carbocycles. The topological polar surface area (TPSA) is 42.4 Å². The monoisotopic (exact) mass is 354 g/mol. The lowest BCUT2D eigenvalue weighted by Crippen LogP contribution is -2.50. The van der Waals surface area contributed by atoms with Crippen molar-refractivity contribution in [1.29, 1.82) is 0 Å². The van der Waals surface area contributed by atoms with E-state index < -0.39 is 12.0 Å². The van der Waals surface area contributed by atoms with Gasteiger partial charge in [0.2, 0.25) is 0 Å². The van der Waals surface area contributed by atoms with Crippen LogP contribution in [0.2, 0.25) is 0 Å². The van der Waals surface area contributed by atoms with Gasteiger partial charge in [-0.1, -0.05) is 43.3 Å². The predicted molar refractivity (Wildman–Crippen MR) is 94.3 cm³/mol. The molecule has 0 spiro atoms. The zero-order valence-corrected chi connectivity index (χ0v) is 14.1. The van der Waals surface area contributed by atoms with Crippen molar-refractivity contribution in [2.45, 2.75) is 26.0 Å². The fourth-order valence-electron chi connectivity index (χ4n) is 3.13. The molecular formula is C20H16F2N2O2. The first-order valence-corrected chi connectivity index (χ1v) is 8.35. The first kappa shape index (κ1) is 16.4. The lowest BCUT2D eigenvalue weighted by Gasteiger charge is -2.34. The highest BCUT2D eigenvalue weighted by Crippen LogP contribution is 2.42. The molecule has 0 N–H and O–H groups in total. The summed E-state index contributed by atoms with van der Waals surface area (Å²) in [6.45, 7) is 1.80. The maximum atomic E-state index is 14.2. The number of anilines is 1. The number of fused-ring (bicyclic) bond motifs is 2. The SMILES string of the molecule is CCc1cccc2c1OC(F)(F)C(=O)N2Cc1ccc2ccccc2n1. The number of hydrogen-bond acceptors (Lipinski definition) is 3. The lowest BCUT2D eigenvalue weighted by molar-refractivity contribution is -0.193. The quantitative estimate of drug-likeness (QED) is 0.704. The van der Waals surface area contributed by atoms with Crippen LogP contribution in [0.15, 0.2) is 54.6 Å². The van der Waals surface area contributed by atoms with E-state index in [2.05, 4.69) is 4.98 Å². The summed E-state index contributed by atoms with van der Waals surface area (Å²) in [6.07, 6.45) is -3.37. The number of benzene rings is 2. The van der Waals surface area contributed by atoms with Crippen molar-refractivity contribution in [2.75, 3.05) is 4.90 Å². The predicted octanol–water partition coefficient (Wildman–Crippen LogP) is 4.32. The molecule has 1 aromatic heterocycles. The van der Waals surface area contributed by atoms with Gasteiger partial charge in [-0.25, -0.2) is 0 Å². The minimum Gasteiger partial charge on any atom is -0.423 e. The van der Waals surface area contributed by atoms with Crippen molar-refractivity contribution < 1.29 is 18.3 Å². The molecular weight excluding hydrogens is 338 g/mol. The third-order valence-corrected chi connectivity index (χ3v) is 4.45. The second-order valence-electron chi connectivity index (χ2n) is 6.12. The van der Waals surface area contributed by atoms with E-state index in [4.69, 9.17) is 4.74 Å². The van der Waals surface area contributed by atoms with Gasteiger partial charge in [0.25, 0.3) is 0 Å². The number of pyridine rings is 1. The van der Waals surface area contributed by atoms with E-state index in [-0.39, 0.29) is 12.3 Å². The van der Waals surface area contributed by atoms with E-state index in [0.29, 0.717) is 23.4 Å². The zero-order valence-electron chi connectivity index (χ0n) is 14.1. The molecule has 0 saturated heterocycles. The van der Waals surface area contributed by atoms with Crippen molar-refractivity contribution >= 4 is 22.5 Å². The Balaban J connectivity index is 1.78. The molecule has 2 heterocycles. The van der Waals surface area contributed by atoms with Gasteiger partial charge in [0.1, 0.15) is 0 Å². The molecule has 4 nitrogen and oxygen atoms in total. The third kappa shape index (κ3) is 2.67. The van der Waals surface area contributed by atoms with Crippen LogP contribution in [-0.2, 0) is 17.8 Å². The van der Waals surface area contributed by atoms with Gasteiger partial charge in [-0.2, -0.15) is 8.78 Å². The minimum absolute atomic E-state index is 0.0528. The number of carbonyl (C=O) groups excluding carboxylic acids is 1. The number of para-hydroxylation sites is 2. The maximum Gasteiger partial charge on any atom is 0.483 e. The second-order valence-corrected chi connectivity index (χ2v) is 6.12. The lowest BCUT2D eigenvalue weighted by atomic mass is 10.1. The highest BCUT2D eigenvalue weighted by Gasteiger charge is 2.51. The van der Waals surface area contributed by atoms with Crippen molar-refractivity contribution in [3.63, 3.8) is 0 Å². The van der Waals surface area contributed by atoms with Gasteiger partial charge in [-0.15, -0.1) is 0 Å². The molecule has 26 heavy (non-hydrogen) atoms. The number of ether oxygens (including phenoxy) is 1. The van der Waals surface area contributed by atoms with Crippen LogP contribution >= 0.6 is 0 Å². The molecule has 0 fully saturated rings. The van der Waals surface area contributed by atoms with Crippen molar-refractivity contribution in [3.8, 4) is 5.75 Å². The Morgan fingerprint density at radius 1 is 1.08 bits per heavy atom. The number of aromatic nitrogens is 1. The molecule has 1 amide bonds. The van der Waals surface area contributed by atoms with Crippen LogP contribution in [-0.4, -0.2) is 17.0 Å². The maximum absolute atomic E-state index is 14.2. The number of hydrogen-bond donors (Lipinski definition) is 0. The molecule has 132 valence electrons. The summed E-state index contributed by atoms with van der Waals surface area (Å²) in [5, 5.41) is 0.948. The van der Waals surface area contributed by atoms with E-state index in [1.54, 1.807) is 24.3 Å². The number of alkyl halides is 2. The molecule has 0 aliphatic carbocycles. The molecule has 1 aliphatic heterocycles. The largest absolute Gasteiger partial charge is 0.483 e. The van der Waals surface area contributed by atoms with Crippen molar-refractivity contribution in [3.05, 3.63) is 65.9 Å². The van der Waals surface area contributed by atoms with Crippen LogP contribution < -0.4 is 9.64 Å². The summed E-state index contributed by atoms with van der Waals surface area (Å²) >= 11 is 0. The Bertz CT molecular complexity index is 1000. The first-order valence-electron chi connectivity index (χ1n) is 8.35. The highest BCUT2D eigenvalue weighted by atomic mass is 19.3. The van der Waals surface area contributed by atoms with Crippen LogP contribution in [0.3, 0.4) is 0 Å². The van der Waals surface area contributed by atoms with E-state index in [1.165, 1.54) is 0 Å². The molecule has 4 rings (SSSR count). The fourth-order valence-corrected chi connectivity index (χ4v) is 3.13. The van der Waals surface area contributed by atoms with Gasteiger partial charge >= 0.3 is 12.0 Å². The Kier molecular flexibility index (Phi) is 3.83. The van der Waals surface area contributed by atoms with Gasteiger partial charge < -0.3 is 4.74 Å². The summed E-state index contributed by atoms with van der Waals surface area (Å²) in [5.74, 6) is -1.33. The van der Waals surface area contributed by atoms with E-state index >= 15 is 0 Å².